The van der Waals surface area contributed by atoms with Crippen molar-refractivity contribution in [1.82, 2.24) is 15.4 Å². The molecular weight excluding hydrogens is 425 g/mol. The molecule has 4 rings (SSSR count). The van der Waals surface area contributed by atoms with Crippen LogP contribution in [0.3, 0.4) is 0 Å². The molecule has 158 valence electrons. The summed E-state index contributed by atoms with van der Waals surface area (Å²) >= 11 is 1.54. The number of thioether (sulfide) groups is 1. The summed E-state index contributed by atoms with van der Waals surface area (Å²) in [6.07, 6.45) is -4.52. The van der Waals surface area contributed by atoms with Crippen LogP contribution in [0, 0.1) is 0 Å². The number of hydrogen-bond acceptors (Lipinski definition) is 4. The van der Waals surface area contributed by atoms with Crippen molar-refractivity contribution >= 4 is 34.4 Å². The highest BCUT2D eigenvalue weighted by Crippen LogP contribution is 2.34. The molecular formula is C22H17F3N4OS. The van der Waals surface area contributed by atoms with Crippen molar-refractivity contribution in [3.8, 4) is 0 Å². The Morgan fingerprint density at radius 3 is 2.42 bits per heavy atom. The molecule has 3 N–H and O–H groups in total. The molecule has 9 heteroatoms. The lowest BCUT2D eigenvalue weighted by atomic mass is 10.1. The number of fused-ring (bicyclic) bond motifs is 1. The van der Waals surface area contributed by atoms with Gasteiger partial charge in [0.05, 0.1) is 22.3 Å². The Morgan fingerprint density at radius 2 is 1.68 bits per heavy atom. The van der Waals surface area contributed by atoms with E-state index < -0.39 is 17.6 Å². The zero-order valence-electron chi connectivity index (χ0n) is 16.0. The van der Waals surface area contributed by atoms with Crippen LogP contribution in [0.2, 0.25) is 0 Å². The summed E-state index contributed by atoms with van der Waals surface area (Å²) in [6, 6.07) is 19.6. The number of benzene rings is 3. The Hall–Kier alpha value is -3.46. The molecule has 0 aliphatic heterocycles. The number of para-hydroxylation sites is 3. The van der Waals surface area contributed by atoms with E-state index in [9.17, 15) is 18.0 Å². The lowest BCUT2D eigenvalue weighted by Crippen LogP contribution is -2.30. The van der Waals surface area contributed by atoms with Gasteiger partial charge in [-0.1, -0.05) is 48.2 Å². The van der Waals surface area contributed by atoms with Crippen LogP contribution in [0.4, 0.5) is 18.9 Å². The highest BCUT2D eigenvalue weighted by atomic mass is 32.2. The van der Waals surface area contributed by atoms with Gasteiger partial charge in [0.15, 0.2) is 5.16 Å². The molecule has 1 heterocycles. The molecule has 1 amide bonds. The van der Waals surface area contributed by atoms with Crippen LogP contribution in [0.25, 0.3) is 11.0 Å². The maximum Gasteiger partial charge on any atom is 0.418 e. The Morgan fingerprint density at radius 1 is 0.968 bits per heavy atom. The summed E-state index contributed by atoms with van der Waals surface area (Å²) in [5.41, 5.74) is 6.77. The molecule has 0 unspecified atom stereocenters. The summed E-state index contributed by atoms with van der Waals surface area (Å²) in [7, 11) is 0. The molecule has 3 aromatic carbocycles. The third kappa shape index (κ3) is 5.00. The van der Waals surface area contributed by atoms with Gasteiger partial charge in [-0.2, -0.15) is 13.2 Å². The van der Waals surface area contributed by atoms with E-state index in [0.717, 1.165) is 27.8 Å². The number of aromatic amines is 1. The van der Waals surface area contributed by atoms with Gasteiger partial charge in [-0.05, 0) is 42.0 Å². The minimum absolute atomic E-state index is 0.220. The number of hydrogen-bond donors (Lipinski definition) is 3. The number of anilines is 1. The number of nitrogens with one attached hydrogen (secondary N) is 3. The number of nitrogens with zero attached hydrogens (tertiary/aromatic N) is 1. The zero-order valence-corrected chi connectivity index (χ0v) is 16.8. The van der Waals surface area contributed by atoms with Crippen LogP contribution in [0.1, 0.15) is 21.5 Å². The number of amides is 1. The third-order valence-electron chi connectivity index (χ3n) is 4.50. The second kappa shape index (κ2) is 8.73. The molecule has 0 spiro atoms. The monoisotopic (exact) mass is 442 g/mol. The van der Waals surface area contributed by atoms with Gasteiger partial charge in [-0.25, -0.2) is 4.98 Å². The number of aromatic nitrogens is 2. The van der Waals surface area contributed by atoms with Gasteiger partial charge >= 0.3 is 6.18 Å². The molecule has 0 saturated carbocycles. The number of halogens is 3. The molecule has 0 saturated heterocycles. The van der Waals surface area contributed by atoms with Crippen molar-refractivity contribution in [1.29, 1.82) is 0 Å². The number of alkyl halides is 3. The number of hydrazine groups is 1. The van der Waals surface area contributed by atoms with Gasteiger partial charge in [-0.15, -0.1) is 0 Å². The fraction of sp³-hybridized carbons (Fsp3) is 0.0909. The van der Waals surface area contributed by atoms with Gasteiger partial charge in [0.1, 0.15) is 0 Å². The summed E-state index contributed by atoms with van der Waals surface area (Å²) in [4.78, 5) is 20.0. The van der Waals surface area contributed by atoms with E-state index in [1.807, 2.05) is 24.3 Å². The average Bonchev–Trinajstić information content (AvgIpc) is 3.19. The first-order valence-corrected chi connectivity index (χ1v) is 10.3. The Kier molecular flexibility index (Phi) is 5.85. The van der Waals surface area contributed by atoms with E-state index >= 15 is 0 Å². The molecule has 4 aromatic rings. The van der Waals surface area contributed by atoms with Crippen LogP contribution in [0.5, 0.6) is 0 Å². The van der Waals surface area contributed by atoms with Gasteiger partial charge < -0.3 is 4.98 Å². The Balaban J connectivity index is 1.35. The van der Waals surface area contributed by atoms with Gasteiger partial charge in [0.25, 0.3) is 5.91 Å². The molecule has 0 aliphatic rings. The number of H-pyrrole nitrogens is 1. The predicted octanol–water partition coefficient (Wildman–Crippen LogP) is 5.63. The first-order valence-electron chi connectivity index (χ1n) is 9.29. The molecule has 1 aromatic heterocycles. The first-order chi connectivity index (χ1) is 14.9. The highest BCUT2D eigenvalue weighted by molar-refractivity contribution is 7.98. The largest absolute Gasteiger partial charge is 0.418 e. The summed E-state index contributed by atoms with van der Waals surface area (Å²) in [5.74, 6) is 0.118. The topological polar surface area (TPSA) is 69.8 Å². The van der Waals surface area contributed by atoms with Crippen molar-refractivity contribution in [2.24, 2.45) is 0 Å². The highest BCUT2D eigenvalue weighted by Gasteiger charge is 2.33. The molecule has 0 radical (unpaired) electrons. The zero-order chi connectivity index (χ0) is 21.8. The Labute approximate surface area is 180 Å². The quantitative estimate of drug-likeness (QED) is 0.267. The molecule has 5 nitrogen and oxygen atoms in total. The molecule has 0 aliphatic carbocycles. The second-order valence-electron chi connectivity index (χ2n) is 6.67. The van der Waals surface area contributed by atoms with Gasteiger partial charge in [0.2, 0.25) is 0 Å². The van der Waals surface area contributed by atoms with Crippen LogP contribution in [-0.4, -0.2) is 15.9 Å². The van der Waals surface area contributed by atoms with E-state index in [2.05, 4.69) is 20.8 Å². The van der Waals surface area contributed by atoms with Gasteiger partial charge in [-0.3, -0.25) is 15.6 Å². The maximum absolute atomic E-state index is 13.0. The fourth-order valence-corrected chi connectivity index (χ4v) is 3.78. The Bertz CT molecular complexity index is 1170. The SMILES string of the molecule is O=C(NNc1ccccc1C(F)(F)F)c1ccc(CSc2nc3ccccc3[nH]2)cc1. The number of imidazole rings is 1. The lowest BCUT2D eigenvalue weighted by molar-refractivity contribution is -0.137. The van der Waals surface area contributed by atoms with Crippen molar-refractivity contribution in [2.75, 3.05) is 5.43 Å². The maximum atomic E-state index is 13.0. The standard InChI is InChI=1S/C22H17F3N4OS/c23-22(24,25)16-5-1-2-6-17(16)28-29-20(30)15-11-9-14(10-12-15)13-31-21-26-18-7-3-4-8-19(18)27-21/h1-12,28H,13H2,(H,26,27)(H,29,30). The minimum Gasteiger partial charge on any atom is -0.333 e. The molecule has 0 fully saturated rings. The fourth-order valence-electron chi connectivity index (χ4n) is 2.94. The van der Waals surface area contributed by atoms with E-state index in [4.69, 9.17) is 0 Å². The van der Waals surface area contributed by atoms with Crippen LogP contribution in [-0.2, 0) is 11.9 Å². The smallest absolute Gasteiger partial charge is 0.333 e. The van der Waals surface area contributed by atoms with Crippen LogP contribution >= 0.6 is 11.8 Å². The van der Waals surface area contributed by atoms with Crippen molar-refractivity contribution in [3.05, 3.63) is 89.5 Å². The van der Waals surface area contributed by atoms with E-state index in [0.29, 0.717) is 11.3 Å². The lowest BCUT2D eigenvalue weighted by Gasteiger charge is -2.15. The summed E-state index contributed by atoms with van der Waals surface area (Å²) < 4.78 is 39.1. The first kappa shape index (κ1) is 20.8. The average molecular weight is 442 g/mol. The second-order valence-corrected chi connectivity index (χ2v) is 7.63. The summed E-state index contributed by atoms with van der Waals surface area (Å²) in [6.45, 7) is 0. The van der Waals surface area contributed by atoms with E-state index in [-0.39, 0.29) is 5.69 Å². The van der Waals surface area contributed by atoms with Crippen LogP contribution < -0.4 is 10.9 Å². The van der Waals surface area contributed by atoms with Crippen molar-refractivity contribution in [2.45, 2.75) is 17.1 Å². The molecule has 0 atom stereocenters. The van der Waals surface area contributed by atoms with E-state index in [1.54, 1.807) is 24.3 Å². The normalized spacial score (nSPS) is 11.5. The van der Waals surface area contributed by atoms with Crippen LogP contribution in [0.15, 0.2) is 78.0 Å². The number of carbonyl (C=O) groups is 1. The van der Waals surface area contributed by atoms with Crippen molar-refractivity contribution < 1.29 is 18.0 Å². The number of carbonyl (C=O) groups excluding carboxylic acids is 1. The van der Waals surface area contributed by atoms with E-state index in [1.165, 1.54) is 30.0 Å². The number of rotatable bonds is 6. The predicted molar refractivity (Wildman–Crippen MR) is 115 cm³/mol. The third-order valence-corrected chi connectivity index (χ3v) is 5.45. The van der Waals surface area contributed by atoms with Gasteiger partial charge in [0, 0.05) is 11.3 Å². The molecule has 0 bridgehead atoms. The minimum atomic E-state index is -4.52. The molecule has 31 heavy (non-hydrogen) atoms. The van der Waals surface area contributed by atoms with Crippen molar-refractivity contribution in [3.63, 3.8) is 0 Å². The summed E-state index contributed by atoms with van der Waals surface area (Å²) in [5, 5.41) is 0.801.